The summed E-state index contributed by atoms with van der Waals surface area (Å²) in [4.78, 5) is 42.6. The number of anilines is 1. The summed E-state index contributed by atoms with van der Waals surface area (Å²) in [5.41, 5.74) is 1.59. The van der Waals surface area contributed by atoms with Crippen molar-refractivity contribution in [1.82, 2.24) is 10.2 Å². The summed E-state index contributed by atoms with van der Waals surface area (Å²) in [6.45, 7) is 0.251. The number of halogens is 1. The number of hydrogen-bond donors (Lipinski definition) is 3. The molecule has 3 N–H and O–H groups in total. The fraction of sp³-hybridized carbons (Fsp3) is 0.250. The van der Waals surface area contributed by atoms with Crippen molar-refractivity contribution in [2.75, 3.05) is 11.9 Å². The zero-order chi connectivity index (χ0) is 25.0. The molecule has 4 atom stereocenters. The molecular formula is C28H24ClN3O4. The van der Waals surface area contributed by atoms with Gasteiger partial charge in [-0.15, -0.1) is 0 Å². The third kappa shape index (κ3) is 3.34. The number of nitrogens with zero attached hydrogens (tertiary/aromatic N) is 1. The van der Waals surface area contributed by atoms with Crippen LogP contribution in [0.1, 0.15) is 16.7 Å². The first-order chi connectivity index (χ1) is 17.4. The number of rotatable bonds is 5. The molecule has 3 aliphatic heterocycles. The molecule has 1 spiro atoms. The average Bonchev–Trinajstić information content (AvgIpc) is 3.45. The second-order valence-corrected chi connectivity index (χ2v) is 10.0. The molecule has 6 rings (SSSR count). The molecule has 0 bridgehead atoms. The zero-order valence-corrected chi connectivity index (χ0v) is 20.0. The Morgan fingerprint density at radius 2 is 1.64 bits per heavy atom. The van der Waals surface area contributed by atoms with E-state index in [1.54, 1.807) is 42.5 Å². The Kier molecular flexibility index (Phi) is 5.35. The average molecular weight is 502 g/mol. The van der Waals surface area contributed by atoms with E-state index in [0.717, 1.165) is 11.1 Å². The van der Waals surface area contributed by atoms with Crippen molar-refractivity contribution in [2.24, 2.45) is 11.8 Å². The van der Waals surface area contributed by atoms with E-state index < -0.39 is 23.4 Å². The summed E-state index contributed by atoms with van der Waals surface area (Å²) >= 11 is 6.40. The number of amides is 3. The quantitative estimate of drug-likeness (QED) is 0.466. The molecule has 0 aromatic heterocycles. The van der Waals surface area contributed by atoms with E-state index in [1.807, 2.05) is 30.3 Å². The van der Waals surface area contributed by atoms with Gasteiger partial charge in [0.25, 0.3) is 0 Å². The second-order valence-electron chi connectivity index (χ2n) is 9.61. The molecule has 0 radical (unpaired) electrons. The lowest BCUT2D eigenvalue weighted by molar-refractivity contribution is -0.142. The van der Waals surface area contributed by atoms with Crippen LogP contribution < -0.4 is 10.6 Å². The highest BCUT2D eigenvalue weighted by atomic mass is 35.5. The molecule has 3 amide bonds. The molecule has 3 aromatic carbocycles. The Morgan fingerprint density at radius 1 is 0.889 bits per heavy atom. The van der Waals surface area contributed by atoms with Gasteiger partial charge in [-0.25, -0.2) is 0 Å². The van der Waals surface area contributed by atoms with Crippen molar-refractivity contribution in [3.05, 3.63) is 94.5 Å². The van der Waals surface area contributed by atoms with Crippen LogP contribution >= 0.6 is 11.6 Å². The number of phenolic OH excluding ortho intramolecular Hbond substituents is 1. The van der Waals surface area contributed by atoms with Crippen LogP contribution in [0.25, 0.3) is 0 Å². The Labute approximate surface area is 213 Å². The van der Waals surface area contributed by atoms with Gasteiger partial charge in [-0.3, -0.25) is 24.6 Å². The number of carbonyl (C=O) groups is 3. The molecule has 2 saturated heterocycles. The smallest absolute Gasteiger partial charge is 0.250 e. The van der Waals surface area contributed by atoms with Gasteiger partial charge in [0, 0.05) is 18.2 Å². The van der Waals surface area contributed by atoms with Crippen molar-refractivity contribution < 1.29 is 19.5 Å². The van der Waals surface area contributed by atoms with Gasteiger partial charge < -0.3 is 10.4 Å². The van der Waals surface area contributed by atoms with Gasteiger partial charge >= 0.3 is 0 Å². The first kappa shape index (κ1) is 22.8. The number of likely N-dealkylation sites (tertiary alicyclic amines) is 1. The lowest BCUT2D eigenvalue weighted by atomic mass is 9.76. The monoisotopic (exact) mass is 501 g/mol. The lowest BCUT2D eigenvalue weighted by Gasteiger charge is -2.29. The summed E-state index contributed by atoms with van der Waals surface area (Å²) in [5, 5.41) is 16.3. The van der Waals surface area contributed by atoms with Gasteiger partial charge in [0.15, 0.2) is 0 Å². The first-order valence-electron chi connectivity index (χ1n) is 12.0. The first-order valence-corrected chi connectivity index (χ1v) is 12.3. The number of fused-ring (bicyclic) bond motifs is 4. The Hall–Kier alpha value is -3.68. The van der Waals surface area contributed by atoms with Gasteiger partial charge in [-0.2, -0.15) is 0 Å². The van der Waals surface area contributed by atoms with Crippen LogP contribution in [0.3, 0.4) is 0 Å². The topological polar surface area (TPSA) is 98.7 Å². The molecule has 0 aliphatic carbocycles. The molecule has 2 fully saturated rings. The van der Waals surface area contributed by atoms with E-state index in [9.17, 15) is 19.5 Å². The summed E-state index contributed by atoms with van der Waals surface area (Å²) < 4.78 is 0. The molecule has 7 nitrogen and oxygen atoms in total. The molecule has 3 aliphatic rings. The standard InChI is InChI=1S/C28H24ClN3O4/c29-20-8-4-7-19-24(20)30-27(36)28(19)23-22(21(31-28)15-17-9-11-18(33)12-10-17)25(34)32(26(23)35)14-13-16-5-2-1-3-6-16/h1-12,21-23,31,33H,13-15H2,(H,30,36)/t21-,22+,23+,28+/m1/s1. The number of hydrogen-bond acceptors (Lipinski definition) is 5. The largest absolute Gasteiger partial charge is 0.508 e. The molecule has 0 saturated carbocycles. The molecule has 0 unspecified atom stereocenters. The normalized spacial score (nSPS) is 26.4. The van der Waals surface area contributed by atoms with Crippen molar-refractivity contribution >= 4 is 35.0 Å². The van der Waals surface area contributed by atoms with Crippen molar-refractivity contribution in [2.45, 2.75) is 24.4 Å². The maximum Gasteiger partial charge on any atom is 0.250 e. The van der Waals surface area contributed by atoms with E-state index in [1.165, 1.54) is 4.90 Å². The second kappa shape index (κ2) is 8.47. The van der Waals surface area contributed by atoms with Crippen LogP contribution in [0.2, 0.25) is 5.02 Å². The fourth-order valence-corrected chi connectivity index (χ4v) is 6.24. The summed E-state index contributed by atoms with van der Waals surface area (Å²) in [7, 11) is 0. The number of carbonyl (C=O) groups excluding carboxylic acids is 3. The van der Waals surface area contributed by atoms with E-state index in [4.69, 9.17) is 11.6 Å². The number of imide groups is 1. The Bertz CT molecular complexity index is 1380. The summed E-state index contributed by atoms with van der Waals surface area (Å²) in [6.07, 6.45) is 0.952. The van der Waals surface area contributed by atoms with Gasteiger partial charge in [-0.1, -0.05) is 66.2 Å². The predicted molar refractivity (Wildman–Crippen MR) is 134 cm³/mol. The van der Waals surface area contributed by atoms with Crippen molar-refractivity contribution in [3.8, 4) is 5.75 Å². The minimum atomic E-state index is -1.39. The van der Waals surface area contributed by atoms with Crippen LogP contribution in [-0.4, -0.2) is 40.3 Å². The molecule has 3 aromatic rings. The van der Waals surface area contributed by atoms with E-state index >= 15 is 0 Å². The molecule has 36 heavy (non-hydrogen) atoms. The van der Waals surface area contributed by atoms with Gasteiger partial charge in [0.05, 0.1) is 22.5 Å². The highest BCUT2D eigenvalue weighted by molar-refractivity contribution is 6.35. The lowest BCUT2D eigenvalue weighted by Crippen LogP contribution is -2.53. The maximum absolute atomic E-state index is 13.9. The SMILES string of the molecule is O=C1[C@@H]2[C@@H](C(=O)N1CCc1ccccc1)[C@]1(N[C@@H]2Cc2ccc(O)cc2)C(=O)Nc2c(Cl)cccc21. The number of para-hydroxylation sites is 1. The van der Waals surface area contributed by atoms with Gasteiger partial charge in [0.1, 0.15) is 11.3 Å². The molecule has 8 heteroatoms. The minimum absolute atomic E-state index is 0.144. The number of phenols is 1. The van der Waals surface area contributed by atoms with E-state index in [-0.39, 0.29) is 30.0 Å². The number of benzene rings is 3. The van der Waals surface area contributed by atoms with Crippen LogP contribution in [0.15, 0.2) is 72.8 Å². The van der Waals surface area contributed by atoms with Gasteiger partial charge in [0.2, 0.25) is 17.7 Å². The van der Waals surface area contributed by atoms with Crippen LogP contribution in [0.4, 0.5) is 5.69 Å². The van der Waals surface area contributed by atoms with Crippen molar-refractivity contribution in [1.29, 1.82) is 0 Å². The van der Waals surface area contributed by atoms with Gasteiger partial charge in [-0.05, 0) is 42.2 Å². The fourth-order valence-electron chi connectivity index (χ4n) is 6.02. The van der Waals surface area contributed by atoms with Crippen LogP contribution in [0, 0.1) is 11.8 Å². The third-order valence-electron chi connectivity index (χ3n) is 7.65. The Balaban J connectivity index is 1.40. The molecular weight excluding hydrogens is 478 g/mol. The highest BCUT2D eigenvalue weighted by Gasteiger charge is 2.70. The Morgan fingerprint density at radius 3 is 2.39 bits per heavy atom. The van der Waals surface area contributed by atoms with Crippen LogP contribution in [0.5, 0.6) is 5.75 Å². The number of aromatic hydroxyl groups is 1. The van der Waals surface area contributed by atoms with E-state index in [2.05, 4.69) is 10.6 Å². The zero-order valence-electron chi connectivity index (χ0n) is 19.3. The van der Waals surface area contributed by atoms with Crippen molar-refractivity contribution in [3.63, 3.8) is 0 Å². The molecule has 3 heterocycles. The van der Waals surface area contributed by atoms with Crippen LogP contribution in [-0.2, 0) is 32.8 Å². The highest BCUT2D eigenvalue weighted by Crippen LogP contribution is 2.54. The third-order valence-corrected chi connectivity index (χ3v) is 7.96. The number of nitrogens with one attached hydrogen (secondary N) is 2. The summed E-state index contributed by atoms with van der Waals surface area (Å²) in [5.74, 6) is -2.44. The minimum Gasteiger partial charge on any atom is -0.508 e. The maximum atomic E-state index is 13.9. The molecule has 182 valence electrons. The summed E-state index contributed by atoms with van der Waals surface area (Å²) in [6, 6.07) is 21.2. The predicted octanol–water partition coefficient (Wildman–Crippen LogP) is 3.25. The van der Waals surface area contributed by atoms with E-state index in [0.29, 0.717) is 29.1 Å².